The molecule has 1 aliphatic carbocycles. The van der Waals surface area contributed by atoms with Gasteiger partial charge >= 0.3 is 0 Å². The van der Waals surface area contributed by atoms with Gasteiger partial charge in [-0.1, -0.05) is 31.4 Å². The highest BCUT2D eigenvalue weighted by molar-refractivity contribution is 8.00. The monoisotopic (exact) mass is 431 g/mol. The summed E-state index contributed by atoms with van der Waals surface area (Å²) in [6, 6.07) is 7.31. The maximum atomic E-state index is 12.0. The Bertz CT molecular complexity index is 754. The van der Waals surface area contributed by atoms with E-state index in [0.717, 1.165) is 36.9 Å². The first-order chi connectivity index (χ1) is 14.5. The Hall–Kier alpha value is -2.22. The zero-order chi connectivity index (χ0) is 21.4. The topological polar surface area (TPSA) is 99.8 Å². The van der Waals surface area contributed by atoms with E-state index in [4.69, 9.17) is 10.7 Å². The Morgan fingerprint density at radius 1 is 1.17 bits per heavy atom. The molecule has 1 saturated carbocycles. The minimum absolute atomic E-state index is 0.160. The lowest BCUT2D eigenvalue weighted by Gasteiger charge is -2.45. The number of thioether (sulfide) groups is 1. The van der Waals surface area contributed by atoms with Crippen LogP contribution in [0, 0.1) is 0 Å². The highest BCUT2D eigenvalue weighted by Crippen LogP contribution is 2.42. The van der Waals surface area contributed by atoms with Crippen LogP contribution < -0.4 is 16.4 Å². The Kier molecular flexibility index (Phi) is 8.01. The van der Waals surface area contributed by atoms with Crippen molar-refractivity contribution >= 4 is 29.5 Å². The van der Waals surface area contributed by atoms with E-state index in [-0.39, 0.29) is 12.5 Å². The number of nitrogens with zero attached hydrogens (tertiary/aromatic N) is 2. The second-order valence-corrected chi connectivity index (χ2v) is 9.59. The fraction of sp³-hybridized carbons (Fsp3) is 0.591. The van der Waals surface area contributed by atoms with Crippen molar-refractivity contribution in [2.75, 3.05) is 31.9 Å². The van der Waals surface area contributed by atoms with Crippen molar-refractivity contribution in [2.45, 2.75) is 50.3 Å². The summed E-state index contributed by atoms with van der Waals surface area (Å²) < 4.78 is 0.395. The summed E-state index contributed by atoms with van der Waals surface area (Å²) in [5.41, 5.74) is 6.60. The maximum absolute atomic E-state index is 12.0. The average Bonchev–Trinajstić information content (AvgIpc) is 2.76. The summed E-state index contributed by atoms with van der Waals surface area (Å²) >= 11 is 2.16. The summed E-state index contributed by atoms with van der Waals surface area (Å²) in [6.45, 7) is 5.44. The molecule has 3 rings (SSSR count). The maximum Gasteiger partial charge on any atom is 0.251 e. The van der Waals surface area contributed by atoms with Crippen LogP contribution in [0.2, 0.25) is 0 Å². The van der Waals surface area contributed by atoms with Gasteiger partial charge in [0, 0.05) is 35.7 Å². The molecule has 0 unspecified atom stereocenters. The Balaban J connectivity index is 1.63. The third-order valence-corrected chi connectivity index (χ3v) is 7.23. The number of hydrogen-bond donors (Lipinski definition) is 3. The van der Waals surface area contributed by atoms with E-state index in [2.05, 4.69) is 34.2 Å². The number of amides is 2. The number of carbonyl (C=O) groups excluding carboxylic acids is 2. The van der Waals surface area contributed by atoms with E-state index >= 15 is 0 Å². The molecule has 164 valence electrons. The summed E-state index contributed by atoms with van der Waals surface area (Å²) in [5, 5.41) is 5.96. The lowest BCUT2D eigenvalue weighted by molar-refractivity contribution is -0.117. The first-order valence-corrected chi connectivity index (χ1v) is 11.8. The van der Waals surface area contributed by atoms with Crippen molar-refractivity contribution in [3.63, 3.8) is 0 Å². The normalized spacial score (nSPS) is 18.8. The molecule has 2 fully saturated rings. The third kappa shape index (κ3) is 6.14. The van der Waals surface area contributed by atoms with E-state index < -0.39 is 5.91 Å². The highest BCUT2D eigenvalue weighted by Gasteiger charge is 2.38. The van der Waals surface area contributed by atoms with Crippen molar-refractivity contribution in [1.82, 2.24) is 15.5 Å². The quantitative estimate of drug-likeness (QED) is 0.473. The van der Waals surface area contributed by atoms with Crippen LogP contribution in [0.3, 0.4) is 0 Å². The Morgan fingerprint density at radius 3 is 2.57 bits per heavy atom. The average molecular weight is 432 g/mol. The molecule has 0 aromatic heterocycles. The molecule has 1 aromatic carbocycles. The Labute approximate surface area is 183 Å². The number of benzene rings is 1. The highest BCUT2D eigenvalue weighted by atomic mass is 32.2. The van der Waals surface area contributed by atoms with Gasteiger partial charge in [-0.15, -0.1) is 0 Å². The number of aliphatic imine (C=N–C) groups is 1. The van der Waals surface area contributed by atoms with Crippen molar-refractivity contribution in [3.05, 3.63) is 35.4 Å². The molecule has 0 atom stereocenters. The summed E-state index contributed by atoms with van der Waals surface area (Å²) in [5.74, 6) is 1.27. The summed E-state index contributed by atoms with van der Waals surface area (Å²) in [7, 11) is 0. The van der Waals surface area contributed by atoms with Crippen molar-refractivity contribution in [3.8, 4) is 0 Å². The van der Waals surface area contributed by atoms with E-state index in [0.29, 0.717) is 16.9 Å². The predicted octanol–water partition coefficient (Wildman–Crippen LogP) is 2.12. The lowest BCUT2D eigenvalue weighted by atomic mass is 9.87. The number of rotatable bonds is 6. The van der Waals surface area contributed by atoms with Gasteiger partial charge in [0.2, 0.25) is 5.91 Å². The minimum Gasteiger partial charge on any atom is -0.368 e. The molecule has 1 saturated heterocycles. The van der Waals surface area contributed by atoms with E-state index in [1.807, 2.05) is 12.1 Å². The second kappa shape index (κ2) is 10.7. The molecule has 0 bridgehead atoms. The molecule has 7 nitrogen and oxygen atoms in total. The molecular weight excluding hydrogens is 398 g/mol. The molecule has 30 heavy (non-hydrogen) atoms. The molecule has 4 N–H and O–H groups in total. The van der Waals surface area contributed by atoms with Gasteiger partial charge in [0.1, 0.15) is 0 Å². The summed E-state index contributed by atoms with van der Waals surface area (Å²) in [4.78, 5) is 30.1. The SMILES string of the molecule is CCNC(=NCc1ccc(C(=O)NCC(N)=O)cc1)N1CCSC2(CCCCC2)C1. The van der Waals surface area contributed by atoms with Crippen molar-refractivity contribution in [1.29, 1.82) is 0 Å². The minimum atomic E-state index is -0.559. The van der Waals surface area contributed by atoms with Gasteiger partial charge in [-0.2, -0.15) is 11.8 Å². The van der Waals surface area contributed by atoms with Crippen molar-refractivity contribution < 1.29 is 9.59 Å². The van der Waals surface area contributed by atoms with Crippen LogP contribution in [-0.4, -0.2) is 59.4 Å². The van der Waals surface area contributed by atoms with Crippen LogP contribution in [-0.2, 0) is 11.3 Å². The Morgan fingerprint density at radius 2 is 1.90 bits per heavy atom. The van der Waals surface area contributed by atoms with Crippen LogP contribution in [0.1, 0.15) is 54.9 Å². The number of nitrogens with two attached hydrogens (primary N) is 1. The standard InChI is InChI=1S/C22H33N5O2S/c1-2-24-21(27-12-13-30-22(16-27)10-4-3-5-11-22)26-14-17-6-8-18(9-7-17)20(29)25-15-19(23)28/h6-9H,2-5,10-16H2,1H3,(H2,23,28)(H,24,26)(H,25,29). The molecule has 1 heterocycles. The van der Waals surface area contributed by atoms with Crippen LogP contribution in [0.15, 0.2) is 29.3 Å². The first kappa shape index (κ1) is 22.5. The van der Waals surface area contributed by atoms with Gasteiger partial charge in [0.05, 0.1) is 13.1 Å². The number of carbonyl (C=O) groups is 2. The molecule has 8 heteroatoms. The van der Waals surface area contributed by atoms with E-state index in [1.54, 1.807) is 12.1 Å². The molecular formula is C22H33N5O2S. The largest absolute Gasteiger partial charge is 0.368 e. The van der Waals surface area contributed by atoms with Crippen molar-refractivity contribution in [2.24, 2.45) is 10.7 Å². The second-order valence-electron chi connectivity index (χ2n) is 8.03. The van der Waals surface area contributed by atoms with Gasteiger partial charge in [-0.05, 0) is 37.5 Å². The first-order valence-electron chi connectivity index (χ1n) is 10.8. The fourth-order valence-corrected chi connectivity index (χ4v) is 5.72. The van der Waals surface area contributed by atoms with Gasteiger partial charge in [-0.25, -0.2) is 4.99 Å². The molecule has 2 aliphatic rings. The van der Waals surface area contributed by atoms with Crippen LogP contribution in [0.4, 0.5) is 0 Å². The van der Waals surface area contributed by atoms with E-state index in [9.17, 15) is 9.59 Å². The smallest absolute Gasteiger partial charge is 0.251 e. The lowest BCUT2D eigenvalue weighted by Crippen LogP contribution is -2.53. The van der Waals surface area contributed by atoms with Gasteiger partial charge < -0.3 is 21.3 Å². The van der Waals surface area contributed by atoms with E-state index in [1.165, 1.54) is 32.1 Å². The van der Waals surface area contributed by atoms with Gasteiger partial charge in [0.25, 0.3) is 5.91 Å². The molecule has 1 aliphatic heterocycles. The van der Waals surface area contributed by atoms with Gasteiger partial charge in [-0.3, -0.25) is 9.59 Å². The molecule has 0 radical (unpaired) electrons. The number of primary amides is 1. The van der Waals surface area contributed by atoms with Crippen LogP contribution >= 0.6 is 11.8 Å². The van der Waals surface area contributed by atoms with Crippen LogP contribution in [0.5, 0.6) is 0 Å². The predicted molar refractivity (Wildman–Crippen MR) is 123 cm³/mol. The molecule has 1 aromatic rings. The van der Waals surface area contributed by atoms with Gasteiger partial charge in [0.15, 0.2) is 5.96 Å². The molecule has 2 amide bonds. The van der Waals surface area contributed by atoms with Crippen LogP contribution in [0.25, 0.3) is 0 Å². The third-order valence-electron chi connectivity index (χ3n) is 5.70. The summed E-state index contributed by atoms with van der Waals surface area (Å²) in [6.07, 6.45) is 6.68. The number of guanidine groups is 1. The zero-order valence-corrected chi connectivity index (χ0v) is 18.6. The number of hydrogen-bond acceptors (Lipinski definition) is 4. The molecule has 1 spiro atoms. The number of nitrogens with one attached hydrogen (secondary N) is 2. The fourth-order valence-electron chi connectivity index (χ4n) is 4.15. The zero-order valence-electron chi connectivity index (χ0n) is 17.8.